The quantitative estimate of drug-likeness (QED) is 0.155. The molecule has 0 saturated heterocycles. The Hall–Kier alpha value is -1.74. The number of aromatic amines is 1. The minimum atomic E-state index is -4.20. The zero-order chi connectivity index (χ0) is 23.7. The summed E-state index contributed by atoms with van der Waals surface area (Å²) >= 11 is 0. The lowest BCUT2D eigenvalue weighted by atomic mass is 9.85. The highest BCUT2D eigenvalue weighted by molar-refractivity contribution is 7.51. The number of hydrogen-bond acceptors (Lipinski definition) is 6. The molecule has 0 amide bonds. The molecule has 1 fully saturated rings. The van der Waals surface area contributed by atoms with Crippen LogP contribution in [0.1, 0.15) is 77.6 Å². The second-order valence-corrected chi connectivity index (χ2v) is 10.9. The lowest BCUT2D eigenvalue weighted by Crippen LogP contribution is -2.39. The van der Waals surface area contributed by atoms with Crippen molar-refractivity contribution in [1.82, 2.24) is 15.0 Å². The molecule has 186 valence electrons. The van der Waals surface area contributed by atoms with E-state index in [9.17, 15) is 4.57 Å². The maximum Gasteiger partial charge on any atom is 0.350 e. The molecule has 11 heteroatoms. The number of anilines is 2. The van der Waals surface area contributed by atoms with Gasteiger partial charge in [0.25, 0.3) is 5.95 Å². The SMILES string of the molecule is C[C@H](C[n+]1c[nH]c2c(NCCCCCCCC3CCCCC3)nc(N)nc21)OCP(=O)(O)O. The number of nitrogens with one attached hydrogen (secondary N) is 2. The molecule has 10 nitrogen and oxygen atoms in total. The third-order valence-corrected chi connectivity index (χ3v) is 6.82. The van der Waals surface area contributed by atoms with Crippen molar-refractivity contribution in [2.45, 2.75) is 90.2 Å². The minimum absolute atomic E-state index is 0.171. The second-order valence-electron chi connectivity index (χ2n) is 9.31. The number of nitrogen functional groups attached to an aromatic ring is 1. The number of imidazole rings is 1. The molecule has 1 aliphatic carbocycles. The zero-order valence-electron chi connectivity index (χ0n) is 19.7. The Kier molecular flexibility index (Phi) is 9.92. The van der Waals surface area contributed by atoms with E-state index in [0.29, 0.717) is 18.0 Å². The van der Waals surface area contributed by atoms with Crippen molar-refractivity contribution >= 4 is 30.5 Å². The number of nitrogens with two attached hydrogens (primary N) is 1. The Morgan fingerprint density at radius 2 is 1.94 bits per heavy atom. The molecule has 33 heavy (non-hydrogen) atoms. The Morgan fingerprint density at radius 1 is 1.21 bits per heavy atom. The van der Waals surface area contributed by atoms with E-state index in [1.165, 1.54) is 64.2 Å². The summed E-state index contributed by atoms with van der Waals surface area (Å²) in [4.78, 5) is 29.8. The number of ether oxygens (including phenoxy) is 1. The average Bonchev–Trinajstić information content (AvgIpc) is 3.16. The number of hydrogen-bond donors (Lipinski definition) is 5. The zero-order valence-corrected chi connectivity index (χ0v) is 20.6. The molecule has 0 bridgehead atoms. The van der Waals surface area contributed by atoms with Gasteiger partial charge in [0.2, 0.25) is 5.52 Å². The molecular formula is C22H40N6O4P+. The molecule has 1 saturated carbocycles. The van der Waals surface area contributed by atoms with Crippen LogP contribution in [0, 0.1) is 5.92 Å². The lowest BCUT2D eigenvalue weighted by Gasteiger charge is -2.21. The van der Waals surface area contributed by atoms with Crippen molar-refractivity contribution in [3.63, 3.8) is 0 Å². The summed E-state index contributed by atoms with van der Waals surface area (Å²) < 4.78 is 18.1. The van der Waals surface area contributed by atoms with Crippen LogP contribution in [0.5, 0.6) is 0 Å². The molecule has 0 aromatic carbocycles. The maximum atomic E-state index is 11.0. The van der Waals surface area contributed by atoms with Crippen LogP contribution in [0.15, 0.2) is 6.33 Å². The van der Waals surface area contributed by atoms with Crippen molar-refractivity contribution in [2.24, 2.45) is 5.92 Å². The van der Waals surface area contributed by atoms with E-state index >= 15 is 0 Å². The maximum absolute atomic E-state index is 11.0. The molecule has 3 rings (SSSR count). The second kappa shape index (κ2) is 12.6. The Labute approximate surface area is 195 Å². The van der Waals surface area contributed by atoms with Crippen LogP contribution in [0.2, 0.25) is 0 Å². The van der Waals surface area contributed by atoms with Crippen molar-refractivity contribution in [3.05, 3.63) is 6.33 Å². The highest BCUT2D eigenvalue weighted by Gasteiger charge is 2.22. The van der Waals surface area contributed by atoms with Gasteiger partial charge >= 0.3 is 13.2 Å². The van der Waals surface area contributed by atoms with E-state index in [1.54, 1.807) is 13.3 Å². The van der Waals surface area contributed by atoms with E-state index in [0.717, 1.165) is 24.4 Å². The fraction of sp³-hybridized carbons (Fsp3) is 0.773. The van der Waals surface area contributed by atoms with Gasteiger partial charge in [0.05, 0.1) is 12.6 Å². The molecule has 0 unspecified atom stereocenters. The molecule has 2 heterocycles. The summed E-state index contributed by atoms with van der Waals surface area (Å²) in [6.45, 7) is 2.94. The van der Waals surface area contributed by atoms with E-state index in [-0.39, 0.29) is 5.95 Å². The number of nitrogens with zero attached hydrogens (tertiary/aromatic N) is 3. The summed E-state index contributed by atoms with van der Waals surface area (Å²) in [5.74, 6) is 1.82. The number of unbranched alkanes of at least 4 members (excludes halogenated alkanes) is 4. The third kappa shape index (κ3) is 8.85. The highest BCUT2D eigenvalue weighted by Crippen LogP contribution is 2.34. The van der Waals surface area contributed by atoms with Gasteiger partial charge in [0.15, 0.2) is 12.1 Å². The van der Waals surface area contributed by atoms with Gasteiger partial charge in [-0.3, -0.25) is 9.55 Å². The molecule has 2 aromatic rings. The Balaban J connectivity index is 1.41. The predicted molar refractivity (Wildman–Crippen MR) is 129 cm³/mol. The van der Waals surface area contributed by atoms with Crippen molar-refractivity contribution < 1.29 is 23.7 Å². The number of fused-ring (bicyclic) bond motifs is 1. The summed E-state index contributed by atoms with van der Waals surface area (Å²) in [7, 11) is -4.20. The van der Waals surface area contributed by atoms with E-state index in [1.807, 2.05) is 4.57 Å². The smallest absolute Gasteiger partial charge is 0.350 e. The summed E-state index contributed by atoms with van der Waals surface area (Å²) in [6.07, 6.45) is 15.5. The molecule has 0 aliphatic heterocycles. The van der Waals surface area contributed by atoms with Gasteiger partial charge in [-0.05, 0) is 19.3 Å². The van der Waals surface area contributed by atoms with Crippen LogP contribution < -0.4 is 15.6 Å². The lowest BCUT2D eigenvalue weighted by molar-refractivity contribution is -0.679. The van der Waals surface area contributed by atoms with E-state index < -0.39 is 20.0 Å². The largest absolute Gasteiger partial charge is 0.367 e. The monoisotopic (exact) mass is 483 g/mol. The fourth-order valence-electron chi connectivity index (χ4n) is 4.60. The first kappa shape index (κ1) is 25.9. The normalized spacial score (nSPS) is 16.3. The van der Waals surface area contributed by atoms with Crippen LogP contribution in [0.3, 0.4) is 0 Å². The topological polar surface area (TPSA) is 150 Å². The van der Waals surface area contributed by atoms with Crippen LogP contribution in [-0.4, -0.2) is 43.7 Å². The molecule has 6 N–H and O–H groups in total. The minimum Gasteiger partial charge on any atom is -0.367 e. The predicted octanol–water partition coefficient (Wildman–Crippen LogP) is 3.70. The first-order valence-electron chi connectivity index (χ1n) is 12.3. The molecule has 1 aliphatic rings. The van der Waals surface area contributed by atoms with Crippen LogP contribution >= 0.6 is 7.60 Å². The molecule has 0 spiro atoms. The van der Waals surface area contributed by atoms with Gasteiger partial charge < -0.3 is 25.6 Å². The molecule has 1 atom stereocenters. The van der Waals surface area contributed by atoms with Crippen LogP contribution in [0.4, 0.5) is 11.8 Å². The Bertz CT molecular complexity index is 912. The summed E-state index contributed by atoms with van der Waals surface area (Å²) in [5, 5.41) is 3.37. The number of H-pyrrole nitrogens is 1. The first-order chi connectivity index (χ1) is 15.8. The fourth-order valence-corrected chi connectivity index (χ4v) is 5.05. The number of rotatable bonds is 14. The van der Waals surface area contributed by atoms with Gasteiger partial charge in [-0.2, -0.15) is 4.98 Å². The van der Waals surface area contributed by atoms with Crippen molar-refractivity contribution in [3.8, 4) is 0 Å². The van der Waals surface area contributed by atoms with Crippen molar-refractivity contribution in [2.75, 3.05) is 23.9 Å². The Morgan fingerprint density at radius 3 is 2.70 bits per heavy atom. The number of aromatic nitrogens is 4. The standard InChI is InChI=1S/C22H39N6O4P/c1-17(32-16-33(29,30)31)14-28-15-25-19-20(26-22(23)27-21(19)28)24-13-9-4-2-3-6-10-18-11-7-5-8-12-18/h15,17-18H,2-14,16H2,1H3,(H5,23,24,26,27,29,30,31)/p+1/t17-/m1/s1. The van der Waals surface area contributed by atoms with Crippen LogP contribution in [0.25, 0.3) is 11.2 Å². The van der Waals surface area contributed by atoms with E-state index in [2.05, 4.69) is 20.3 Å². The van der Waals surface area contributed by atoms with E-state index in [4.69, 9.17) is 20.3 Å². The molecular weight excluding hydrogens is 443 g/mol. The van der Waals surface area contributed by atoms with Crippen LogP contribution in [-0.2, 0) is 15.8 Å². The van der Waals surface area contributed by atoms with Gasteiger partial charge in [-0.15, -0.1) is 0 Å². The third-order valence-electron chi connectivity index (χ3n) is 6.33. The van der Waals surface area contributed by atoms with Crippen molar-refractivity contribution in [1.29, 1.82) is 0 Å². The molecule has 0 radical (unpaired) electrons. The highest BCUT2D eigenvalue weighted by atomic mass is 31.2. The summed E-state index contributed by atoms with van der Waals surface area (Å²) in [6, 6.07) is 0. The van der Waals surface area contributed by atoms with Gasteiger partial charge in [0.1, 0.15) is 6.35 Å². The van der Waals surface area contributed by atoms with Gasteiger partial charge in [0, 0.05) is 6.54 Å². The van der Waals surface area contributed by atoms with Gasteiger partial charge in [-0.1, -0.05) is 69.2 Å². The summed E-state index contributed by atoms with van der Waals surface area (Å²) in [5.41, 5.74) is 7.30. The average molecular weight is 484 g/mol. The van der Waals surface area contributed by atoms with Gasteiger partial charge in [-0.25, -0.2) is 4.57 Å². The molecule has 2 aromatic heterocycles. The first-order valence-corrected chi connectivity index (χ1v) is 14.1.